The zero-order valence-electron chi connectivity index (χ0n) is 7.12. The van der Waals surface area contributed by atoms with Crippen molar-refractivity contribution < 1.29 is 13.2 Å². The molecule has 0 saturated carbocycles. The highest BCUT2D eigenvalue weighted by Gasteiger charge is 2.28. The first kappa shape index (κ1) is 9.16. The van der Waals surface area contributed by atoms with E-state index in [0.29, 0.717) is 0 Å². The molecule has 0 bridgehead atoms. The number of quaternary nitrogens is 1. The lowest BCUT2D eigenvalue weighted by molar-refractivity contribution is -0.894. The molecular weight excluding hydrogens is 162 g/mol. The van der Waals surface area contributed by atoms with Crippen LogP contribution in [0.5, 0.6) is 0 Å². The van der Waals surface area contributed by atoms with Crippen LogP contribution in [0.4, 0.5) is 0 Å². The maximum atomic E-state index is 10.7. The topological polar surface area (TPSA) is 37.3 Å². The zero-order chi connectivity index (χ0) is 8.48. The van der Waals surface area contributed by atoms with Crippen LogP contribution in [0.15, 0.2) is 0 Å². The van der Waals surface area contributed by atoms with E-state index in [4.69, 9.17) is 4.55 Å². The first-order valence-electron chi connectivity index (χ1n) is 3.93. The highest BCUT2D eigenvalue weighted by Crippen LogP contribution is 2.17. The molecule has 1 unspecified atom stereocenters. The highest BCUT2D eigenvalue weighted by atomic mass is 32.2. The van der Waals surface area contributed by atoms with Crippen LogP contribution in [0.1, 0.15) is 12.8 Å². The molecule has 4 heteroatoms. The van der Waals surface area contributed by atoms with Gasteiger partial charge in [0.2, 0.25) is 0 Å². The summed E-state index contributed by atoms with van der Waals surface area (Å²) in [5, 5.41) is 0.0288. The van der Waals surface area contributed by atoms with Gasteiger partial charge in [-0.15, -0.1) is 0 Å². The van der Waals surface area contributed by atoms with Gasteiger partial charge in [0.05, 0.1) is 32.4 Å². The summed E-state index contributed by atoms with van der Waals surface area (Å²) < 4.78 is 20.5. The maximum Gasteiger partial charge on any atom is 0.156 e. The molecule has 66 valence electrons. The van der Waals surface area contributed by atoms with Crippen molar-refractivity contribution in [1.29, 1.82) is 0 Å². The Labute approximate surface area is 70.3 Å². The molecule has 0 aromatic carbocycles. The second kappa shape index (κ2) is 3.21. The minimum atomic E-state index is -1.60. The van der Waals surface area contributed by atoms with Crippen molar-refractivity contribution in [1.82, 2.24) is 0 Å². The fourth-order valence-electron chi connectivity index (χ4n) is 1.44. The minimum absolute atomic E-state index is 0.0288. The second-order valence-electron chi connectivity index (χ2n) is 3.86. The molecule has 11 heavy (non-hydrogen) atoms. The summed E-state index contributed by atoms with van der Waals surface area (Å²) in [6.07, 6.45) is 1.77. The average Bonchev–Trinajstić information content (AvgIpc) is 1.86. The number of nitrogens with zero attached hydrogens (tertiary/aromatic N) is 1. The van der Waals surface area contributed by atoms with Gasteiger partial charge in [-0.2, -0.15) is 0 Å². The van der Waals surface area contributed by atoms with Gasteiger partial charge < -0.3 is 9.04 Å². The van der Waals surface area contributed by atoms with Gasteiger partial charge in [0.25, 0.3) is 0 Å². The first-order valence-corrected chi connectivity index (χ1v) is 5.10. The molecule has 1 aliphatic heterocycles. The van der Waals surface area contributed by atoms with E-state index >= 15 is 0 Å². The van der Waals surface area contributed by atoms with Crippen LogP contribution in [-0.2, 0) is 11.1 Å². The van der Waals surface area contributed by atoms with Gasteiger partial charge >= 0.3 is 0 Å². The molecule has 1 rings (SSSR count). The lowest BCUT2D eigenvalue weighted by Crippen LogP contribution is -2.48. The number of rotatable bonds is 1. The summed E-state index contributed by atoms with van der Waals surface area (Å²) in [5.74, 6) is 0. The average molecular weight is 178 g/mol. The Bertz CT molecular complexity index is 160. The molecule has 3 nitrogen and oxygen atoms in total. The molecule has 0 radical (unpaired) electrons. The van der Waals surface area contributed by atoms with Crippen molar-refractivity contribution in [3.8, 4) is 0 Å². The Morgan fingerprint density at radius 2 is 1.82 bits per heavy atom. The van der Waals surface area contributed by atoms with E-state index in [1.165, 1.54) is 0 Å². The Kier molecular flexibility index (Phi) is 2.67. The van der Waals surface area contributed by atoms with Gasteiger partial charge in [0.15, 0.2) is 11.1 Å². The van der Waals surface area contributed by atoms with Gasteiger partial charge in [0, 0.05) is 12.8 Å². The van der Waals surface area contributed by atoms with Crippen LogP contribution in [0.2, 0.25) is 0 Å². The van der Waals surface area contributed by atoms with Crippen molar-refractivity contribution >= 4 is 11.1 Å². The van der Waals surface area contributed by atoms with Crippen molar-refractivity contribution in [2.75, 3.05) is 27.2 Å². The molecule has 1 saturated heterocycles. The number of hydrogen-bond acceptors (Lipinski definition) is 1. The zero-order valence-corrected chi connectivity index (χ0v) is 7.93. The summed E-state index contributed by atoms with van der Waals surface area (Å²) in [4.78, 5) is 0. The van der Waals surface area contributed by atoms with Gasteiger partial charge in [-0.3, -0.25) is 0 Å². The molecular formula is C7H16NO2S+. The Morgan fingerprint density at radius 1 is 1.36 bits per heavy atom. The first-order chi connectivity index (χ1) is 5.01. The van der Waals surface area contributed by atoms with E-state index < -0.39 is 11.1 Å². The molecule has 1 fully saturated rings. The van der Waals surface area contributed by atoms with Crippen molar-refractivity contribution in [3.05, 3.63) is 0 Å². The standard InChI is InChI=1S/C7H15NO2S/c1-8(2)5-3-7(4-6-8)11(9)10/h7H,3-6H2,1-2H3/p+1. The predicted octanol–water partition coefficient (Wildman–Crippen LogP) is 0.447. The number of piperidine rings is 1. The monoisotopic (exact) mass is 178 g/mol. The third-order valence-corrected chi connectivity index (χ3v) is 3.44. The van der Waals surface area contributed by atoms with Crippen molar-refractivity contribution in [3.63, 3.8) is 0 Å². The summed E-state index contributed by atoms with van der Waals surface area (Å²) in [7, 11) is 4.33. The molecule has 1 N–H and O–H groups in total. The lowest BCUT2D eigenvalue weighted by atomic mass is 10.1. The lowest BCUT2D eigenvalue weighted by Gasteiger charge is -2.35. The third-order valence-electron chi connectivity index (χ3n) is 2.40. The molecule has 0 amide bonds. The van der Waals surface area contributed by atoms with Crippen LogP contribution in [0, 0.1) is 0 Å². The van der Waals surface area contributed by atoms with Gasteiger partial charge in [-0.25, -0.2) is 4.21 Å². The second-order valence-corrected chi connectivity index (χ2v) is 5.08. The van der Waals surface area contributed by atoms with Gasteiger partial charge in [0.1, 0.15) is 0 Å². The van der Waals surface area contributed by atoms with E-state index in [-0.39, 0.29) is 5.25 Å². The van der Waals surface area contributed by atoms with Crippen molar-refractivity contribution in [2.45, 2.75) is 18.1 Å². The van der Waals surface area contributed by atoms with Crippen LogP contribution in [-0.4, -0.2) is 45.7 Å². The smallest absolute Gasteiger partial charge is 0.156 e. The normalized spacial score (nSPS) is 28.3. The van der Waals surface area contributed by atoms with Crippen LogP contribution >= 0.6 is 0 Å². The fraction of sp³-hybridized carbons (Fsp3) is 1.00. The maximum absolute atomic E-state index is 10.7. The molecule has 0 aromatic rings. The Morgan fingerprint density at radius 3 is 2.18 bits per heavy atom. The van der Waals surface area contributed by atoms with E-state index in [0.717, 1.165) is 30.4 Å². The van der Waals surface area contributed by atoms with E-state index in [9.17, 15) is 4.21 Å². The van der Waals surface area contributed by atoms with Crippen LogP contribution < -0.4 is 0 Å². The summed E-state index contributed by atoms with van der Waals surface area (Å²) >= 11 is -1.60. The van der Waals surface area contributed by atoms with E-state index in [1.807, 2.05) is 0 Å². The fourth-order valence-corrected chi connectivity index (χ4v) is 2.06. The molecule has 0 aliphatic carbocycles. The van der Waals surface area contributed by atoms with E-state index in [1.54, 1.807) is 0 Å². The molecule has 1 aliphatic rings. The summed E-state index contributed by atoms with van der Waals surface area (Å²) in [6.45, 7) is 2.05. The largest absolute Gasteiger partial charge is 0.328 e. The van der Waals surface area contributed by atoms with Crippen LogP contribution in [0.3, 0.4) is 0 Å². The minimum Gasteiger partial charge on any atom is -0.328 e. The molecule has 1 atom stereocenters. The summed E-state index contributed by atoms with van der Waals surface area (Å²) in [5.41, 5.74) is 0. The highest BCUT2D eigenvalue weighted by molar-refractivity contribution is 7.79. The molecule has 0 spiro atoms. The predicted molar refractivity (Wildman–Crippen MR) is 45.6 cm³/mol. The molecule has 0 aromatic heterocycles. The van der Waals surface area contributed by atoms with E-state index in [2.05, 4.69) is 14.1 Å². The number of likely N-dealkylation sites (tertiary alicyclic amines) is 1. The van der Waals surface area contributed by atoms with Gasteiger partial charge in [-0.05, 0) is 0 Å². The third kappa shape index (κ3) is 2.54. The summed E-state index contributed by atoms with van der Waals surface area (Å²) in [6, 6.07) is 0. The Hall–Kier alpha value is 0.0700. The number of hydrogen-bond donors (Lipinski definition) is 1. The van der Waals surface area contributed by atoms with Crippen molar-refractivity contribution in [2.24, 2.45) is 0 Å². The SMILES string of the molecule is C[N+]1(C)CCC(S(=O)O)CC1. The Balaban J connectivity index is 2.42. The molecule has 1 heterocycles. The quantitative estimate of drug-likeness (QED) is 0.467. The van der Waals surface area contributed by atoms with Crippen LogP contribution in [0.25, 0.3) is 0 Å². The van der Waals surface area contributed by atoms with Gasteiger partial charge in [-0.1, -0.05) is 0 Å².